The summed E-state index contributed by atoms with van der Waals surface area (Å²) in [5, 5.41) is 6.79. The van der Waals surface area contributed by atoms with Crippen LogP contribution in [0.5, 0.6) is 0 Å². The first-order chi connectivity index (χ1) is 10.8. The van der Waals surface area contributed by atoms with Crippen LogP contribution < -0.4 is 10.7 Å². The van der Waals surface area contributed by atoms with Crippen LogP contribution in [0.2, 0.25) is 0 Å². The molecule has 0 spiro atoms. The van der Waals surface area contributed by atoms with E-state index in [1.165, 1.54) is 39.8 Å². The summed E-state index contributed by atoms with van der Waals surface area (Å²) >= 11 is 1.84. The van der Waals surface area contributed by atoms with Crippen LogP contribution in [0.25, 0.3) is 10.1 Å². The van der Waals surface area contributed by atoms with Gasteiger partial charge in [-0.1, -0.05) is 24.6 Å². The number of hydrogen-bond acceptors (Lipinski definition) is 4. The molecule has 2 aromatic rings. The topological polar surface area (TPSA) is 44.4 Å². The van der Waals surface area contributed by atoms with Gasteiger partial charge in [0, 0.05) is 29.2 Å². The first kappa shape index (κ1) is 16.7. The van der Waals surface area contributed by atoms with Crippen molar-refractivity contribution in [3.63, 3.8) is 0 Å². The molecule has 1 atom stereocenters. The summed E-state index contributed by atoms with van der Waals surface area (Å²) < 4.78 is 1.33. The molecule has 0 bridgehead atoms. The average molecular weight is 352 g/mol. The minimum atomic E-state index is -0.118. The molecule has 1 fully saturated rings. The number of thiophene rings is 1. The van der Waals surface area contributed by atoms with Crippen LogP contribution in [-0.2, 0) is 17.8 Å². The maximum Gasteiger partial charge on any atom is 0.251 e. The van der Waals surface area contributed by atoms with Crippen molar-refractivity contribution in [2.75, 3.05) is 13.1 Å². The molecular weight excluding hydrogens is 330 g/mol. The Balaban J connectivity index is 0.00000156. The molecule has 0 unspecified atom stereocenters. The Hall–Kier alpha value is -1.14. The van der Waals surface area contributed by atoms with E-state index in [-0.39, 0.29) is 24.4 Å². The number of fused-ring (bicyclic) bond motifs is 3. The van der Waals surface area contributed by atoms with Gasteiger partial charge in [-0.25, -0.2) is 5.01 Å². The summed E-state index contributed by atoms with van der Waals surface area (Å²) in [4.78, 5) is 13.9. The van der Waals surface area contributed by atoms with Crippen LogP contribution in [0, 0.1) is 0 Å². The second kappa shape index (κ2) is 7.18. The van der Waals surface area contributed by atoms with Crippen LogP contribution in [0.1, 0.15) is 29.7 Å². The summed E-state index contributed by atoms with van der Waals surface area (Å²) in [6, 6.07) is 8.39. The average Bonchev–Trinajstić information content (AvgIpc) is 2.93. The molecule has 0 saturated carbocycles. The van der Waals surface area contributed by atoms with E-state index >= 15 is 0 Å². The normalized spacial score (nSPS) is 21.5. The lowest BCUT2D eigenvalue weighted by Crippen LogP contribution is -2.54. The molecule has 6 heteroatoms. The molecule has 23 heavy (non-hydrogen) atoms. The molecule has 1 amide bonds. The first-order valence-electron chi connectivity index (χ1n) is 8.09. The van der Waals surface area contributed by atoms with Crippen molar-refractivity contribution in [2.24, 2.45) is 0 Å². The number of carbonyl (C=O) groups excluding carboxylic acids is 1. The molecule has 0 aliphatic carbocycles. The Morgan fingerprint density at radius 1 is 1.22 bits per heavy atom. The zero-order valence-corrected chi connectivity index (χ0v) is 14.6. The molecule has 2 aliphatic heterocycles. The molecule has 1 aromatic heterocycles. The van der Waals surface area contributed by atoms with Gasteiger partial charge in [0.1, 0.15) is 0 Å². The zero-order valence-electron chi connectivity index (χ0n) is 13.0. The highest BCUT2D eigenvalue weighted by Crippen LogP contribution is 2.34. The van der Waals surface area contributed by atoms with Crippen molar-refractivity contribution < 1.29 is 4.79 Å². The number of nitrogens with zero attached hydrogens (tertiary/aromatic N) is 1. The number of piperidine rings is 1. The Kier molecular flexibility index (Phi) is 5.21. The Morgan fingerprint density at radius 3 is 2.83 bits per heavy atom. The number of rotatable bonds is 2. The molecule has 1 saturated heterocycles. The second-order valence-electron chi connectivity index (χ2n) is 6.16. The quantitative estimate of drug-likeness (QED) is 0.874. The van der Waals surface area contributed by atoms with Crippen LogP contribution in [0.15, 0.2) is 24.3 Å². The summed E-state index contributed by atoms with van der Waals surface area (Å²) in [6.07, 6.45) is 4.42. The van der Waals surface area contributed by atoms with Crippen LogP contribution >= 0.6 is 23.7 Å². The van der Waals surface area contributed by atoms with Crippen molar-refractivity contribution in [3.05, 3.63) is 34.7 Å². The summed E-state index contributed by atoms with van der Waals surface area (Å²) in [5.41, 5.74) is 4.45. The summed E-state index contributed by atoms with van der Waals surface area (Å²) in [5.74, 6) is 0.114. The van der Waals surface area contributed by atoms with Gasteiger partial charge in [-0.15, -0.1) is 23.7 Å². The summed E-state index contributed by atoms with van der Waals surface area (Å²) in [7, 11) is 0. The maximum atomic E-state index is 12.5. The lowest BCUT2D eigenvalue weighted by Gasteiger charge is -2.30. The van der Waals surface area contributed by atoms with Gasteiger partial charge in [0.25, 0.3) is 5.91 Å². The van der Waals surface area contributed by atoms with E-state index in [1.54, 1.807) is 0 Å². The van der Waals surface area contributed by atoms with E-state index in [2.05, 4.69) is 40.0 Å². The van der Waals surface area contributed by atoms with Gasteiger partial charge in [-0.3, -0.25) is 10.2 Å². The lowest BCUT2D eigenvalue weighted by atomic mass is 9.98. The van der Waals surface area contributed by atoms with Crippen LogP contribution in [0.4, 0.5) is 0 Å². The van der Waals surface area contributed by atoms with E-state index in [0.29, 0.717) is 0 Å². The molecule has 3 heterocycles. The van der Waals surface area contributed by atoms with E-state index < -0.39 is 0 Å². The van der Waals surface area contributed by atoms with E-state index in [9.17, 15) is 4.79 Å². The van der Waals surface area contributed by atoms with Gasteiger partial charge in [0.15, 0.2) is 0 Å². The van der Waals surface area contributed by atoms with Gasteiger partial charge >= 0.3 is 0 Å². The third kappa shape index (κ3) is 3.38. The number of carbonyl (C=O) groups is 1. The van der Waals surface area contributed by atoms with Gasteiger partial charge in [-0.05, 0) is 36.3 Å². The summed E-state index contributed by atoms with van der Waals surface area (Å²) in [6.45, 7) is 2.75. The SMILES string of the molecule is Cl.O=C(NN1CCCCC1)[C@H]1Cc2c(sc3ccccc23)CN1. The lowest BCUT2D eigenvalue weighted by molar-refractivity contribution is -0.128. The highest BCUT2D eigenvalue weighted by molar-refractivity contribution is 7.19. The highest BCUT2D eigenvalue weighted by Gasteiger charge is 2.28. The molecule has 124 valence electrons. The molecule has 2 aliphatic rings. The number of halogens is 1. The van der Waals surface area contributed by atoms with Crippen molar-refractivity contribution in [3.8, 4) is 0 Å². The smallest absolute Gasteiger partial charge is 0.251 e. The second-order valence-corrected chi connectivity index (χ2v) is 7.30. The Bertz CT molecular complexity index is 696. The Labute approximate surface area is 146 Å². The monoisotopic (exact) mass is 351 g/mol. The number of amides is 1. The van der Waals surface area contributed by atoms with Gasteiger partial charge in [0.05, 0.1) is 6.04 Å². The van der Waals surface area contributed by atoms with Gasteiger partial charge < -0.3 is 5.32 Å². The third-order valence-corrected chi connectivity index (χ3v) is 5.85. The molecule has 4 rings (SSSR count). The minimum Gasteiger partial charge on any atom is -0.301 e. The van der Waals surface area contributed by atoms with Crippen molar-refractivity contribution in [2.45, 2.75) is 38.3 Å². The highest BCUT2D eigenvalue weighted by atomic mass is 35.5. The largest absolute Gasteiger partial charge is 0.301 e. The van der Waals surface area contributed by atoms with Crippen molar-refractivity contribution in [1.29, 1.82) is 0 Å². The van der Waals surface area contributed by atoms with Crippen molar-refractivity contribution in [1.82, 2.24) is 15.8 Å². The fourth-order valence-corrected chi connectivity index (χ4v) is 4.62. The molecule has 4 nitrogen and oxygen atoms in total. The number of hydrazine groups is 1. The van der Waals surface area contributed by atoms with E-state index in [1.807, 2.05) is 11.3 Å². The first-order valence-corrected chi connectivity index (χ1v) is 8.91. The van der Waals surface area contributed by atoms with Gasteiger partial charge in [0.2, 0.25) is 0 Å². The standard InChI is InChI=1S/C17H21N3OS.ClH/c21-17(19-20-8-4-1-5-9-20)14-10-13-12-6-2-3-7-15(12)22-16(13)11-18-14;/h2-3,6-7,14,18H,1,4-5,8-11H2,(H,19,21);1H/t14-;/m1./s1. The molecular formula is C17H22ClN3OS. The predicted molar refractivity (Wildman–Crippen MR) is 97.0 cm³/mol. The van der Waals surface area contributed by atoms with E-state index in [0.717, 1.165) is 26.1 Å². The fourth-order valence-electron chi connectivity index (χ4n) is 3.43. The molecule has 1 aromatic carbocycles. The number of hydrogen-bond donors (Lipinski definition) is 2. The molecule has 2 N–H and O–H groups in total. The molecule has 0 radical (unpaired) electrons. The van der Waals surface area contributed by atoms with Crippen molar-refractivity contribution >= 4 is 39.7 Å². The van der Waals surface area contributed by atoms with Crippen LogP contribution in [0.3, 0.4) is 0 Å². The van der Waals surface area contributed by atoms with Crippen LogP contribution in [-0.4, -0.2) is 30.0 Å². The zero-order chi connectivity index (χ0) is 14.9. The number of benzene rings is 1. The maximum absolute atomic E-state index is 12.5. The Morgan fingerprint density at radius 2 is 2.00 bits per heavy atom. The third-order valence-electron chi connectivity index (χ3n) is 4.64. The van der Waals surface area contributed by atoms with E-state index in [4.69, 9.17) is 0 Å². The predicted octanol–water partition coefficient (Wildman–Crippen LogP) is 2.85. The van der Waals surface area contributed by atoms with Gasteiger partial charge in [-0.2, -0.15) is 0 Å². The minimum absolute atomic E-state index is 0. The number of nitrogens with one attached hydrogen (secondary N) is 2. The fraction of sp³-hybridized carbons (Fsp3) is 0.471.